The first-order valence-corrected chi connectivity index (χ1v) is 7.46. The first-order valence-electron chi connectivity index (χ1n) is 7.46. The second-order valence-corrected chi connectivity index (χ2v) is 6.62. The van der Waals surface area contributed by atoms with Gasteiger partial charge in [0.05, 0.1) is 5.41 Å². The molecule has 2 aliphatic rings. The number of ketones is 1. The first kappa shape index (κ1) is 14.1. The van der Waals surface area contributed by atoms with Gasteiger partial charge in [0.25, 0.3) is 0 Å². The fraction of sp³-hybridized carbons (Fsp3) is 0.444. The highest BCUT2D eigenvalue weighted by molar-refractivity contribution is 6.00. The van der Waals surface area contributed by atoms with E-state index in [1.807, 2.05) is 51.2 Å². The molecule has 1 aromatic carbocycles. The molecule has 0 spiro atoms. The average molecular weight is 283 g/mol. The summed E-state index contributed by atoms with van der Waals surface area (Å²) < 4.78 is 0. The number of carbonyl (C=O) groups is 2. The van der Waals surface area contributed by atoms with Crippen LogP contribution in [0.1, 0.15) is 32.3 Å². The van der Waals surface area contributed by atoms with Crippen molar-refractivity contribution in [3.8, 4) is 0 Å². The van der Waals surface area contributed by atoms with Gasteiger partial charge in [-0.25, -0.2) is 0 Å². The van der Waals surface area contributed by atoms with E-state index in [1.165, 1.54) is 0 Å². The lowest BCUT2D eigenvalue weighted by Crippen LogP contribution is -2.56. The third-order valence-corrected chi connectivity index (χ3v) is 5.10. The van der Waals surface area contributed by atoms with Crippen LogP contribution in [-0.4, -0.2) is 30.2 Å². The van der Waals surface area contributed by atoms with Crippen LogP contribution in [0.3, 0.4) is 0 Å². The van der Waals surface area contributed by atoms with Crippen molar-refractivity contribution in [2.75, 3.05) is 13.6 Å². The van der Waals surface area contributed by atoms with E-state index in [2.05, 4.69) is 6.08 Å². The average Bonchev–Trinajstić information content (AvgIpc) is 2.48. The molecule has 1 amide bonds. The molecule has 3 heteroatoms. The van der Waals surface area contributed by atoms with Crippen molar-refractivity contribution in [3.63, 3.8) is 0 Å². The Kier molecular flexibility index (Phi) is 3.05. The Morgan fingerprint density at radius 1 is 1.10 bits per heavy atom. The van der Waals surface area contributed by atoms with E-state index in [4.69, 9.17) is 0 Å². The lowest BCUT2D eigenvalue weighted by molar-refractivity contribution is -0.139. The van der Waals surface area contributed by atoms with Gasteiger partial charge in [0.1, 0.15) is 5.78 Å². The summed E-state index contributed by atoms with van der Waals surface area (Å²) in [4.78, 5) is 27.2. The molecule has 1 aromatic rings. The summed E-state index contributed by atoms with van der Waals surface area (Å²) in [6.45, 7) is 4.49. The predicted molar refractivity (Wildman–Crippen MR) is 81.9 cm³/mol. The number of likely N-dealkylation sites (N-methyl/N-ethyl adjacent to an activating group) is 1. The van der Waals surface area contributed by atoms with E-state index in [-0.39, 0.29) is 11.7 Å². The Morgan fingerprint density at radius 2 is 1.76 bits per heavy atom. The molecule has 110 valence electrons. The molecule has 0 saturated heterocycles. The van der Waals surface area contributed by atoms with Crippen LogP contribution in [0.25, 0.3) is 0 Å². The highest BCUT2D eigenvalue weighted by Gasteiger charge is 2.56. The van der Waals surface area contributed by atoms with Gasteiger partial charge in [-0.15, -0.1) is 0 Å². The van der Waals surface area contributed by atoms with Gasteiger partial charge >= 0.3 is 0 Å². The van der Waals surface area contributed by atoms with E-state index < -0.39 is 10.8 Å². The Labute approximate surface area is 125 Å². The van der Waals surface area contributed by atoms with E-state index in [0.29, 0.717) is 19.4 Å². The Hall–Kier alpha value is -1.90. The highest BCUT2D eigenvalue weighted by atomic mass is 16.2. The van der Waals surface area contributed by atoms with Crippen molar-refractivity contribution in [1.29, 1.82) is 0 Å². The lowest BCUT2D eigenvalue weighted by atomic mass is 9.55. The van der Waals surface area contributed by atoms with Crippen LogP contribution in [0.2, 0.25) is 0 Å². The van der Waals surface area contributed by atoms with E-state index in [1.54, 1.807) is 4.90 Å². The van der Waals surface area contributed by atoms with E-state index in [0.717, 1.165) is 11.1 Å². The minimum atomic E-state index is -0.661. The van der Waals surface area contributed by atoms with Gasteiger partial charge in [-0.1, -0.05) is 36.4 Å². The van der Waals surface area contributed by atoms with Gasteiger partial charge in [0.2, 0.25) is 5.91 Å². The number of carbonyl (C=O) groups excluding carboxylic acids is 2. The number of hydrogen-bond acceptors (Lipinski definition) is 2. The van der Waals surface area contributed by atoms with Crippen molar-refractivity contribution in [2.45, 2.75) is 32.1 Å². The fourth-order valence-corrected chi connectivity index (χ4v) is 3.87. The molecular weight excluding hydrogens is 262 g/mol. The van der Waals surface area contributed by atoms with Crippen LogP contribution < -0.4 is 0 Å². The van der Waals surface area contributed by atoms with Gasteiger partial charge in [-0.2, -0.15) is 0 Å². The van der Waals surface area contributed by atoms with Crippen LogP contribution in [0.4, 0.5) is 0 Å². The van der Waals surface area contributed by atoms with Crippen molar-refractivity contribution in [2.24, 2.45) is 5.41 Å². The summed E-state index contributed by atoms with van der Waals surface area (Å²) in [7, 11) is 1.84. The molecule has 1 unspecified atom stereocenters. The maximum Gasteiger partial charge on any atom is 0.237 e. The lowest BCUT2D eigenvalue weighted by Gasteiger charge is -2.50. The standard InChI is InChI=1S/C18H21NO2/c1-17(2)14-10-12-19(3)16(21)18(14,11-9-15(17)20)13-7-5-4-6-8-13/h4-8,10H,9,11-12H2,1-3H3. The number of rotatable bonds is 1. The molecule has 0 bridgehead atoms. The molecule has 1 saturated carbocycles. The van der Waals surface area contributed by atoms with Gasteiger partial charge in [0.15, 0.2) is 0 Å². The van der Waals surface area contributed by atoms with Gasteiger partial charge in [-0.3, -0.25) is 9.59 Å². The number of benzene rings is 1. The van der Waals surface area contributed by atoms with Crippen LogP contribution in [0.15, 0.2) is 42.0 Å². The molecule has 21 heavy (non-hydrogen) atoms. The van der Waals surface area contributed by atoms with Crippen LogP contribution in [0.5, 0.6) is 0 Å². The summed E-state index contributed by atoms with van der Waals surface area (Å²) in [5.74, 6) is 0.351. The Balaban J connectivity index is 2.26. The molecule has 3 nitrogen and oxygen atoms in total. The summed E-state index contributed by atoms with van der Waals surface area (Å²) in [6, 6.07) is 9.91. The van der Waals surface area contributed by atoms with Crippen LogP contribution in [-0.2, 0) is 15.0 Å². The quantitative estimate of drug-likeness (QED) is 0.743. The second kappa shape index (κ2) is 4.55. The molecule has 1 fully saturated rings. The second-order valence-electron chi connectivity index (χ2n) is 6.62. The molecule has 1 heterocycles. The summed E-state index contributed by atoms with van der Waals surface area (Å²) >= 11 is 0. The third-order valence-electron chi connectivity index (χ3n) is 5.10. The molecule has 3 rings (SSSR count). The van der Waals surface area contributed by atoms with E-state index in [9.17, 15) is 9.59 Å². The number of Topliss-reactive ketones (excluding diaryl/α,β-unsaturated/α-hetero) is 1. The SMILES string of the molecule is CN1CC=C2C(C)(C)C(=O)CCC2(c2ccccc2)C1=O. The molecule has 1 aliphatic carbocycles. The van der Waals surface area contributed by atoms with Crippen molar-refractivity contribution < 1.29 is 9.59 Å². The predicted octanol–water partition coefficient (Wildman–Crippen LogP) is 2.71. The summed E-state index contributed by atoms with van der Waals surface area (Å²) in [6.07, 6.45) is 3.12. The number of fused-ring (bicyclic) bond motifs is 1. The Morgan fingerprint density at radius 3 is 2.43 bits per heavy atom. The fourth-order valence-electron chi connectivity index (χ4n) is 3.87. The van der Waals surface area contributed by atoms with Crippen molar-refractivity contribution >= 4 is 11.7 Å². The smallest absolute Gasteiger partial charge is 0.237 e. The van der Waals surface area contributed by atoms with Crippen molar-refractivity contribution in [3.05, 3.63) is 47.5 Å². The molecule has 0 N–H and O–H groups in total. The van der Waals surface area contributed by atoms with Gasteiger partial charge < -0.3 is 4.90 Å². The third kappa shape index (κ3) is 1.80. The highest BCUT2D eigenvalue weighted by Crippen LogP contribution is 2.52. The minimum Gasteiger partial charge on any atom is -0.341 e. The summed E-state index contributed by atoms with van der Waals surface area (Å²) in [5.41, 5.74) is 0.769. The van der Waals surface area contributed by atoms with Crippen LogP contribution >= 0.6 is 0 Å². The number of amides is 1. The topological polar surface area (TPSA) is 37.4 Å². The summed E-state index contributed by atoms with van der Waals surface area (Å²) in [5, 5.41) is 0. The molecule has 1 atom stereocenters. The van der Waals surface area contributed by atoms with Gasteiger partial charge in [0, 0.05) is 25.4 Å². The molecular formula is C18H21NO2. The maximum absolute atomic E-state index is 13.1. The zero-order valence-corrected chi connectivity index (χ0v) is 12.8. The zero-order valence-electron chi connectivity index (χ0n) is 12.8. The largest absolute Gasteiger partial charge is 0.341 e. The number of hydrogen-bond donors (Lipinski definition) is 0. The molecule has 0 aromatic heterocycles. The molecule has 1 aliphatic heterocycles. The van der Waals surface area contributed by atoms with Gasteiger partial charge in [-0.05, 0) is 31.4 Å². The zero-order chi connectivity index (χ0) is 15.3. The number of nitrogens with zero attached hydrogens (tertiary/aromatic N) is 1. The maximum atomic E-state index is 13.1. The van der Waals surface area contributed by atoms with Crippen molar-refractivity contribution in [1.82, 2.24) is 4.90 Å². The van der Waals surface area contributed by atoms with Crippen LogP contribution in [0, 0.1) is 5.41 Å². The Bertz CT molecular complexity index is 630. The monoisotopic (exact) mass is 283 g/mol. The normalized spacial score (nSPS) is 28.1. The first-order chi connectivity index (χ1) is 9.90. The minimum absolute atomic E-state index is 0.117. The van der Waals surface area contributed by atoms with E-state index >= 15 is 0 Å². The molecule has 0 radical (unpaired) electrons.